The van der Waals surface area contributed by atoms with E-state index in [9.17, 15) is 10.1 Å². The molecule has 6 nitrogen and oxygen atoms in total. The molecule has 6 heteroatoms. The summed E-state index contributed by atoms with van der Waals surface area (Å²) < 4.78 is 0. The summed E-state index contributed by atoms with van der Waals surface area (Å²) >= 11 is 0. The topological polar surface area (TPSA) is 83.8 Å². The Morgan fingerprint density at radius 1 is 1.15 bits per heavy atom. The Kier molecular flexibility index (Phi) is 4.18. The number of nitrogens with zero attached hydrogens (tertiary/aromatic N) is 2. The van der Waals surface area contributed by atoms with E-state index in [1.807, 2.05) is 12.1 Å². The van der Waals surface area contributed by atoms with Gasteiger partial charge in [-0.3, -0.25) is 15.1 Å². The Hall–Kier alpha value is -3.15. The van der Waals surface area contributed by atoms with E-state index in [2.05, 4.69) is 29.1 Å². The van der Waals surface area contributed by atoms with Crippen molar-refractivity contribution in [2.75, 3.05) is 5.32 Å². The third kappa shape index (κ3) is 3.43. The van der Waals surface area contributed by atoms with Crippen LogP contribution in [0.3, 0.4) is 0 Å². The van der Waals surface area contributed by atoms with E-state index in [0.717, 1.165) is 41.9 Å². The maximum Gasteiger partial charge on any atom is 0.269 e. The first-order valence-corrected chi connectivity index (χ1v) is 9.08. The quantitative estimate of drug-likeness (QED) is 0.491. The molecule has 138 valence electrons. The minimum absolute atomic E-state index is 0.0905. The maximum absolute atomic E-state index is 10.9. The lowest BCUT2D eigenvalue weighted by Crippen LogP contribution is -2.22. The molecule has 0 radical (unpaired) electrons. The molecule has 1 aliphatic rings. The molecule has 0 saturated heterocycles. The van der Waals surface area contributed by atoms with Gasteiger partial charge in [0.05, 0.1) is 16.3 Å². The van der Waals surface area contributed by atoms with E-state index < -0.39 is 0 Å². The van der Waals surface area contributed by atoms with Gasteiger partial charge in [0, 0.05) is 41.5 Å². The number of hydrogen-bond donors (Lipinski definition) is 2. The monoisotopic (exact) mass is 362 g/mol. The second-order valence-corrected chi connectivity index (χ2v) is 7.84. The Morgan fingerprint density at radius 3 is 2.52 bits per heavy atom. The van der Waals surface area contributed by atoms with Crippen molar-refractivity contribution >= 4 is 17.1 Å². The second-order valence-electron chi connectivity index (χ2n) is 7.84. The largest absolute Gasteiger partial charge is 0.356 e. The van der Waals surface area contributed by atoms with Gasteiger partial charge in [-0.05, 0) is 54.5 Å². The summed E-state index contributed by atoms with van der Waals surface area (Å²) in [6.07, 6.45) is 6.70. The number of aromatic amines is 1. The van der Waals surface area contributed by atoms with Crippen LogP contribution in [0.2, 0.25) is 0 Å². The van der Waals surface area contributed by atoms with Gasteiger partial charge < -0.3 is 10.3 Å². The predicted molar refractivity (Wildman–Crippen MR) is 106 cm³/mol. The van der Waals surface area contributed by atoms with Crippen LogP contribution in [-0.2, 0) is 12.8 Å². The molecule has 0 amide bonds. The summed E-state index contributed by atoms with van der Waals surface area (Å²) in [5.74, 6) is 0. The fourth-order valence-corrected chi connectivity index (χ4v) is 3.73. The lowest BCUT2D eigenvalue weighted by atomic mass is 9.76. The third-order valence-corrected chi connectivity index (χ3v) is 5.22. The van der Waals surface area contributed by atoms with E-state index >= 15 is 0 Å². The molecule has 27 heavy (non-hydrogen) atoms. The van der Waals surface area contributed by atoms with Gasteiger partial charge in [0.1, 0.15) is 0 Å². The van der Waals surface area contributed by atoms with Gasteiger partial charge in [-0.1, -0.05) is 13.8 Å². The highest BCUT2D eigenvalue weighted by Crippen LogP contribution is 2.43. The summed E-state index contributed by atoms with van der Waals surface area (Å²) in [7, 11) is 0. The minimum Gasteiger partial charge on any atom is -0.356 e. The van der Waals surface area contributed by atoms with Crippen molar-refractivity contribution in [2.24, 2.45) is 5.41 Å². The average Bonchev–Trinajstić information content (AvgIpc) is 2.99. The van der Waals surface area contributed by atoms with Gasteiger partial charge >= 0.3 is 0 Å². The smallest absolute Gasteiger partial charge is 0.269 e. The summed E-state index contributed by atoms with van der Waals surface area (Å²) in [5, 5.41) is 14.4. The van der Waals surface area contributed by atoms with Crippen LogP contribution in [0.4, 0.5) is 17.1 Å². The van der Waals surface area contributed by atoms with Crippen LogP contribution in [0.1, 0.15) is 31.5 Å². The van der Waals surface area contributed by atoms with Crippen molar-refractivity contribution in [1.82, 2.24) is 9.97 Å². The number of hydrogen-bond acceptors (Lipinski definition) is 4. The summed E-state index contributed by atoms with van der Waals surface area (Å²) in [6, 6.07) is 10.5. The minimum atomic E-state index is -0.383. The van der Waals surface area contributed by atoms with Gasteiger partial charge in [-0.25, -0.2) is 0 Å². The zero-order chi connectivity index (χ0) is 19.0. The zero-order valence-corrected chi connectivity index (χ0v) is 15.5. The third-order valence-electron chi connectivity index (χ3n) is 5.22. The van der Waals surface area contributed by atoms with E-state index in [4.69, 9.17) is 0 Å². The van der Waals surface area contributed by atoms with Gasteiger partial charge in [-0.15, -0.1) is 0 Å². The summed E-state index contributed by atoms with van der Waals surface area (Å²) in [6.45, 7) is 4.60. The Balaban J connectivity index is 1.76. The number of nitro groups is 1. The van der Waals surface area contributed by atoms with Gasteiger partial charge in [0.25, 0.3) is 5.69 Å². The number of benzene rings is 1. The van der Waals surface area contributed by atoms with Gasteiger partial charge in [0.15, 0.2) is 0 Å². The number of pyridine rings is 1. The summed E-state index contributed by atoms with van der Waals surface area (Å²) in [4.78, 5) is 18.3. The molecule has 0 saturated carbocycles. The van der Waals surface area contributed by atoms with Crippen LogP contribution in [0.15, 0.2) is 48.8 Å². The number of nitro benzene ring substituents is 1. The first kappa shape index (κ1) is 17.3. The lowest BCUT2D eigenvalue weighted by Gasteiger charge is -2.29. The summed E-state index contributed by atoms with van der Waals surface area (Å²) in [5.41, 5.74) is 6.94. The standard InChI is InChI=1S/C21H22N4O2/c1-21(2)10-7-17-18(13-21)24-19(14-8-11-22-12-9-14)20(17)23-15-3-5-16(6-4-15)25(26)27/h3-6,8-9,11-12,23-24H,7,10,13H2,1-2H3. The Bertz CT molecular complexity index is 975. The highest BCUT2D eigenvalue weighted by molar-refractivity contribution is 5.82. The van der Waals surface area contributed by atoms with Crippen LogP contribution in [-0.4, -0.2) is 14.9 Å². The molecule has 2 N–H and O–H groups in total. The van der Waals surface area contributed by atoms with Gasteiger partial charge in [0.2, 0.25) is 0 Å². The van der Waals surface area contributed by atoms with E-state index in [1.165, 1.54) is 23.4 Å². The van der Waals surface area contributed by atoms with Crippen molar-refractivity contribution in [1.29, 1.82) is 0 Å². The van der Waals surface area contributed by atoms with Crippen LogP contribution in [0.5, 0.6) is 0 Å². The molecule has 2 aromatic heterocycles. The first-order chi connectivity index (χ1) is 12.9. The SMILES string of the molecule is CC1(C)CCc2c([nH]c(-c3ccncc3)c2Nc2ccc([N+](=O)[O-])cc2)C1. The lowest BCUT2D eigenvalue weighted by molar-refractivity contribution is -0.384. The Morgan fingerprint density at radius 2 is 1.85 bits per heavy atom. The number of rotatable bonds is 4. The molecule has 1 aliphatic carbocycles. The molecule has 1 aromatic carbocycles. The van der Waals surface area contributed by atoms with Crippen molar-refractivity contribution in [3.63, 3.8) is 0 Å². The second kappa shape index (κ2) is 6.54. The van der Waals surface area contributed by atoms with Crippen molar-refractivity contribution in [3.8, 4) is 11.3 Å². The molecule has 0 fully saturated rings. The molecule has 0 unspecified atom stereocenters. The molecule has 0 aliphatic heterocycles. The molecular formula is C21H22N4O2. The maximum atomic E-state index is 10.9. The molecule has 3 aromatic rings. The van der Waals surface area contributed by atoms with E-state index in [1.54, 1.807) is 24.5 Å². The number of nitrogens with one attached hydrogen (secondary N) is 2. The van der Waals surface area contributed by atoms with Crippen LogP contribution in [0.25, 0.3) is 11.3 Å². The number of non-ortho nitro benzene ring substituents is 1. The number of anilines is 2. The van der Waals surface area contributed by atoms with Crippen molar-refractivity contribution < 1.29 is 4.92 Å². The predicted octanol–water partition coefficient (Wildman–Crippen LogP) is 5.24. The fourth-order valence-electron chi connectivity index (χ4n) is 3.73. The molecule has 4 rings (SSSR count). The highest BCUT2D eigenvalue weighted by atomic mass is 16.6. The number of fused-ring (bicyclic) bond motifs is 1. The normalized spacial score (nSPS) is 15.2. The van der Waals surface area contributed by atoms with Crippen LogP contribution < -0.4 is 5.32 Å². The van der Waals surface area contributed by atoms with Crippen molar-refractivity contribution in [2.45, 2.75) is 33.1 Å². The fraction of sp³-hybridized carbons (Fsp3) is 0.286. The first-order valence-electron chi connectivity index (χ1n) is 9.08. The number of aromatic nitrogens is 2. The zero-order valence-electron chi connectivity index (χ0n) is 15.5. The molecule has 0 bridgehead atoms. The van der Waals surface area contributed by atoms with Crippen LogP contribution >= 0.6 is 0 Å². The van der Waals surface area contributed by atoms with Crippen molar-refractivity contribution in [3.05, 3.63) is 70.2 Å². The van der Waals surface area contributed by atoms with E-state index in [-0.39, 0.29) is 16.0 Å². The number of H-pyrrole nitrogens is 1. The van der Waals surface area contributed by atoms with Crippen LogP contribution in [0, 0.1) is 15.5 Å². The molecular weight excluding hydrogens is 340 g/mol. The average molecular weight is 362 g/mol. The van der Waals surface area contributed by atoms with Gasteiger partial charge in [-0.2, -0.15) is 0 Å². The molecule has 0 atom stereocenters. The highest BCUT2D eigenvalue weighted by Gasteiger charge is 2.30. The van der Waals surface area contributed by atoms with E-state index in [0.29, 0.717) is 0 Å². The Labute approximate surface area is 157 Å². The molecule has 0 spiro atoms. The molecule has 2 heterocycles.